The van der Waals surface area contributed by atoms with Crippen molar-refractivity contribution in [2.75, 3.05) is 13.2 Å². The fourth-order valence-corrected chi connectivity index (χ4v) is 3.39. The zero-order valence-corrected chi connectivity index (χ0v) is 19.5. The largest absolute Gasteiger partial charge is 0.482 e. The minimum absolute atomic E-state index is 0.181. The fourth-order valence-electron chi connectivity index (χ4n) is 2.93. The lowest BCUT2D eigenvalue weighted by molar-refractivity contribution is -0.384. The van der Waals surface area contributed by atoms with E-state index in [-0.39, 0.29) is 27.6 Å². The van der Waals surface area contributed by atoms with Crippen LogP contribution in [0.25, 0.3) is 0 Å². The highest BCUT2D eigenvalue weighted by Gasteiger charge is 2.27. The summed E-state index contributed by atoms with van der Waals surface area (Å²) in [6, 6.07) is 17.7. The molecule has 3 aromatic rings. The van der Waals surface area contributed by atoms with Crippen LogP contribution < -0.4 is 10.1 Å². The van der Waals surface area contributed by atoms with Crippen molar-refractivity contribution in [3.8, 4) is 5.75 Å². The molecule has 1 N–H and O–H groups in total. The van der Waals surface area contributed by atoms with E-state index in [1.807, 2.05) is 0 Å². The lowest BCUT2D eigenvalue weighted by Crippen LogP contribution is -2.35. The van der Waals surface area contributed by atoms with E-state index >= 15 is 0 Å². The number of halogens is 2. The van der Waals surface area contributed by atoms with Gasteiger partial charge in [0.2, 0.25) is 5.78 Å². The molecule has 0 aliphatic rings. The summed E-state index contributed by atoms with van der Waals surface area (Å²) in [4.78, 5) is 47.9. The number of nitrogens with zero attached hydrogens (tertiary/aromatic N) is 1. The van der Waals surface area contributed by atoms with Crippen molar-refractivity contribution in [3.63, 3.8) is 0 Å². The second-order valence-corrected chi connectivity index (χ2v) is 7.93. The van der Waals surface area contributed by atoms with Crippen LogP contribution in [-0.4, -0.2) is 35.7 Å². The van der Waals surface area contributed by atoms with Gasteiger partial charge in [-0.25, -0.2) is 0 Å². The third kappa shape index (κ3) is 7.26. The van der Waals surface area contributed by atoms with Gasteiger partial charge >= 0.3 is 5.97 Å². The first-order valence-electron chi connectivity index (χ1n) is 10.1. The van der Waals surface area contributed by atoms with Crippen molar-refractivity contribution < 1.29 is 28.8 Å². The van der Waals surface area contributed by atoms with Crippen molar-refractivity contribution in [1.29, 1.82) is 0 Å². The first kappa shape index (κ1) is 25.7. The molecule has 0 spiro atoms. The van der Waals surface area contributed by atoms with Gasteiger partial charge in [-0.15, -0.1) is 0 Å². The Kier molecular flexibility index (Phi) is 8.77. The van der Waals surface area contributed by atoms with Crippen molar-refractivity contribution in [3.05, 3.63) is 104 Å². The number of carbonyl (C=O) groups excluding carboxylic acids is 3. The molecule has 0 bridgehead atoms. The fraction of sp³-hybridized carbons (Fsp3) is 0.125. The number of rotatable bonds is 10. The number of nitrogens with one attached hydrogen (secondary N) is 1. The van der Waals surface area contributed by atoms with Gasteiger partial charge in [0.15, 0.2) is 12.7 Å². The average Bonchev–Trinajstić information content (AvgIpc) is 2.85. The quantitative estimate of drug-likeness (QED) is 0.181. The number of ether oxygens (including phenoxy) is 2. The SMILES string of the molecule is O=C(COc1ccc(Cl)cc1Cl)NCC(=O)OC(C(=O)c1ccccc1)c1ccc([N+](=O)[O-])cc1. The van der Waals surface area contributed by atoms with Crippen LogP contribution >= 0.6 is 23.2 Å². The Morgan fingerprint density at radius 2 is 1.66 bits per heavy atom. The van der Waals surface area contributed by atoms with Crippen LogP contribution in [0, 0.1) is 10.1 Å². The third-order valence-corrected chi connectivity index (χ3v) is 5.17. The van der Waals surface area contributed by atoms with Gasteiger partial charge in [0.1, 0.15) is 12.3 Å². The average molecular weight is 517 g/mol. The highest BCUT2D eigenvalue weighted by molar-refractivity contribution is 6.35. The highest BCUT2D eigenvalue weighted by atomic mass is 35.5. The van der Waals surface area contributed by atoms with Crippen molar-refractivity contribution in [2.45, 2.75) is 6.10 Å². The molecular weight excluding hydrogens is 499 g/mol. The molecule has 1 amide bonds. The van der Waals surface area contributed by atoms with E-state index in [1.165, 1.54) is 36.4 Å². The summed E-state index contributed by atoms with van der Waals surface area (Å²) in [5.41, 5.74) is 0.338. The van der Waals surface area contributed by atoms with E-state index in [1.54, 1.807) is 36.4 Å². The number of carbonyl (C=O) groups is 3. The van der Waals surface area contributed by atoms with Gasteiger partial charge in [0.05, 0.1) is 9.95 Å². The molecule has 0 heterocycles. The molecule has 0 aliphatic carbocycles. The Bertz CT molecular complexity index is 1230. The van der Waals surface area contributed by atoms with Crippen molar-refractivity contribution in [1.82, 2.24) is 5.32 Å². The molecule has 0 aliphatic heterocycles. The zero-order chi connectivity index (χ0) is 25.4. The number of nitro groups is 1. The molecule has 11 heteroatoms. The monoisotopic (exact) mass is 516 g/mol. The maximum absolute atomic E-state index is 13.0. The van der Waals surface area contributed by atoms with Gasteiger partial charge in [-0.05, 0) is 30.3 Å². The summed E-state index contributed by atoms with van der Waals surface area (Å²) >= 11 is 11.8. The van der Waals surface area contributed by atoms with E-state index in [0.29, 0.717) is 5.02 Å². The van der Waals surface area contributed by atoms with Crippen LogP contribution in [0.15, 0.2) is 72.8 Å². The molecule has 180 valence electrons. The number of non-ortho nitro benzene ring substituents is 1. The molecule has 0 radical (unpaired) electrons. The number of esters is 1. The van der Waals surface area contributed by atoms with E-state index in [0.717, 1.165) is 0 Å². The Hall–Kier alpha value is -3.95. The van der Waals surface area contributed by atoms with Gasteiger partial charge < -0.3 is 14.8 Å². The molecule has 0 saturated heterocycles. The van der Waals surface area contributed by atoms with Crippen LogP contribution in [0.4, 0.5) is 5.69 Å². The summed E-state index contributed by atoms with van der Waals surface area (Å²) in [5, 5.41) is 13.9. The van der Waals surface area contributed by atoms with Gasteiger partial charge in [-0.3, -0.25) is 24.5 Å². The summed E-state index contributed by atoms with van der Waals surface area (Å²) in [5.74, 6) is -1.81. The van der Waals surface area contributed by atoms with Gasteiger partial charge in [-0.1, -0.05) is 53.5 Å². The van der Waals surface area contributed by atoms with Gasteiger partial charge in [0.25, 0.3) is 11.6 Å². The Labute approximate surface area is 209 Å². The summed E-state index contributed by atoms with van der Waals surface area (Å²) < 4.78 is 10.6. The van der Waals surface area contributed by atoms with Crippen molar-refractivity contribution in [2.24, 2.45) is 0 Å². The molecule has 9 nitrogen and oxygen atoms in total. The summed E-state index contributed by atoms with van der Waals surface area (Å²) in [7, 11) is 0. The molecule has 0 fully saturated rings. The van der Waals surface area contributed by atoms with Crippen LogP contribution in [0.5, 0.6) is 5.75 Å². The van der Waals surface area contributed by atoms with E-state index in [2.05, 4.69) is 5.32 Å². The van der Waals surface area contributed by atoms with E-state index in [9.17, 15) is 24.5 Å². The Balaban J connectivity index is 1.64. The van der Waals surface area contributed by atoms with Crippen LogP contribution in [-0.2, 0) is 14.3 Å². The van der Waals surface area contributed by atoms with E-state index < -0.39 is 41.8 Å². The molecule has 1 atom stereocenters. The van der Waals surface area contributed by atoms with Gasteiger partial charge in [0, 0.05) is 28.3 Å². The number of ketones is 1. The highest BCUT2D eigenvalue weighted by Crippen LogP contribution is 2.27. The first-order chi connectivity index (χ1) is 16.7. The number of benzene rings is 3. The van der Waals surface area contributed by atoms with Gasteiger partial charge in [-0.2, -0.15) is 0 Å². The predicted molar refractivity (Wildman–Crippen MR) is 128 cm³/mol. The topological polar surface area (TPSA) is 125 Å². The summed E-state index contributed by atoms with van der Waals surface area (Å²) in [6.45, 7) is -0.967. The van der Waals surface area contributed by atoms with Crippen molar-refractivity contribution >= 4 is 46.5 Å². The van der Waals surface area contributed by atoms with Crippen LogP contribution in [0.2, 0.25) is 10.0 Å². The molecule has 0 aromatic heterocycles. The molecular formula is C24H18Cl2N2O7. The smallest absolute Gasteiger partial charge is 0.326 e. The maximum atomic E-state index is 13.0. The molecule has 3 rings (SSSR count). The minimum atomic E-state index is -1.37. The second kappa shape index (κ2) is 12.0. The number of amides is 1. The summed E-state index contributed by atoms with van der Waals surface area (Å²) in [6.07, 6.45) is -1.37. The molecule has 35 heavy (non-hydrogen) atoms. The molecule has 3 aromatic carbocycles. The normalized spacial score (nSPS) is 11.3. The Morgan fingerprint density at radius 1 is 0.971 bits per heavy atom. The first-order valence-corrected chi connectivity index (χ1v) is 10.9. The number of hydrogen-bond donors (Lipinski definition) is 1. The molecule has 0 saturated carbocycles. The number of hydrogen-bond acceptors (Lipinski definition) is 7. The number of nitro benzene ring substituents is 1. The lowest BCUT2D eigenvalue weighted by Gasteiger charge is -2.18. The second-order valence-electron chi connectivity index (χ2n) is 7.09. The number of Topliss-reactive ketones (excluding diaryl/α,β-unsaturated/α-hetero) is 1. The van der Waals surface area contributed by atoms with Crippen LogP contribution in [0.1, 0.15) is 22.0 Å². The molecule has 1 unspecified atom stereocenters. The predicted octanol–water partition coefficient (Wildman–Crippen LogP) is 4.56. The van der Waals surface area contributed by atoms with Crippen LogP contribution in [0.3, 0.4) is 0 Å². The third-order valence-electron chi connectivity index (χ3n) is 4.63. The lowest BCUT2D eigenvalue weighted by atomic mass is 9.99. The minimum Gasteiger partial charge on any atom is -0.482 e. The van der Waals surface area contributed by atoms with E-state index in [4.69, 9.17) is 32.7 Å². The Morgan fingerprint density at radius 3 is 2.29 bits per heavy atom. The standard InChI is InChI=1S/C24H18Cl2N2O7/c25-17-8-11-20(19(26)12-17)34-14-21(29)27-13-22(30)35-24(23(31)15-4-2-1-3-5-15)16-6-9-18(10-7-16)28(32)33/h1-12,24H,13-14H2,(H,27,29). The zero-order valence-electron chi connectivity index (χ0n) is 18.0. The maximum Gasteiger partial charge on any atom is 0.326 e.